The first-order chi connectivity index (χ1) is 9.13. The van der Waals surface area contributed by atoms with Gasteiger partial charge in [0.25, 0.3) is 0 Å². The molecule has 0 atom stereocenters. The van der Waals surface area contributed by atoms with E-state index in [4.69, 9.17) is 9.95 Å². The van der Waals surface area contributed by atoms with E-state index in [2.05, 4.69) is 15.0 Å². The summed E-state index contributed by atoms with van der Waals surface area (Å²) < 4.78 is 5.11. The van der Waals surface area contributed by atoms with Crippen LogP contribution in [0.3, 0.4) is 0 Å². The van der Waals surface area contributed by atoms with Gasteiger partial charge in [0.1, 0.15) is 10.9 Å². The van der Waals surface area contributed by atoms with Crippen molar-refractivity contribution >= 4 is 16.9 Å². The number of azide groups is 1. The highest BCUT2D eigenvalue weighted by Gasteiger charge is 2.15. The Kier molecular flexibility index (Phi) is 3.49. The van der Waals surface area contributed by atoms with Crippen LogP contribution in [0.2, 0.25) is 0 Å². The van der Waals surface area contributed by atoms with Crippen LogP contribution in [-0.4, -0.2) is 5.97 Å². The van der Waals surface area contributed by atoms with Crippen molar-refractivity contribution in [3.05, 3.63) is 56.3 Å². The highest BCUT2D eigenvalue weighted by molar-refractivity contribution is 5.82. The summed E-state index contributed by atoms with van der Waals surface area (Å²) in [5, 5.41) is 3.43. The normalized spacial score (nSPS) is 9.95. The van der Waals surface area contributed by atoms with Crippen LogP contribution in [0, 0.1) is 6.92 Å². The van der Waals surface area contributed by atoms with Gasteiger partial charge < -0.3 is 9.25 Å². The van der Waals surface area contributed by atoms with Crippen molar-refractivity contribution in [2.45, 2.75) is 13.3 Å². The van der Waals surface area contributed by atoms with Gasteiger partial charge in [0, 0.05) is 10.3 Å². The zero-order chi connectivity index (χ0) is 13.8. The second kappa shape index (κ2) is 5.24. The van der Waals surface area contributed by atoms with Gasteiger partial charge in [-0.15, -0.1) is 0 Å². The molecule has 1 heterocycles. The average molecular weight is 259 g/mol. The van der Waals surface area contributed by atoms with E-state index in [9.17, 15) is 9.59 Å². The third-order valence-electron chi connectivity index (χ3n) is 2.69. The lowest BCUT2D eigenvalue weighted by Gasteiger charge is -2.05. The Labute approximate surface area is 107 Å². The second-order valence-electron chi connectivity index (χ2n) is 3.80. The third-order valence-corrected chi connectivity index (χ3v) is 2.69. The molecule has 0 aliphatic rings. The van der Waals surface area contributed by atoms with Crippen molar-refractivity contribution in [3.63, 3.8) is 0 Å². The number of rotatable bonds is 3. The minimum atomic E-state index is -0.816. The van der Waals surface area contributed by atoms with E-state index in [-0.39, 0.29) is 12.0 Å². The average Bonchev–Trinajstić information content (AvgIpc) is 2.41. The molecule has 0 N–H and O–H groups in total. The topological polar surface area (TPSA) is 105 Å². The molecular weight excluding hydrogens is 250 g/mol. The summed E-state index contributed by atoms with van der Waals surface area (Å²) in [5.74, 6) is -0.816. The summed E-state index contributed by atoms with van der Waals surface area (Å²) in [4.78, 5) is 29.6. The van der Waals surface area contributed by atoms with Gasteiger partial charge in [0.2, 0.25) is 0 Å². The van der Waals surface area contributed by atoms with E-state index in [1.807, 2.05) is 0 Å². The number of hydrogen-bond donors (Lipinski definition) is 0. The molecule has 2 aromatic rings. The van der Waals surface area contributed by atoms with E-state index in [0.717, 1.165) is 5.39 Å². The molecule has 0 radical (unpaired) electrons. The Bertz CT molecular complexity index is 744. The summed E-state index contributed by atoms with van der Waals surface area (Å²) >= 11 is 0. The molecule has 0 spiro atoms. The first kappa shape index (κ1) is 12.7. The van der Waals surface area contributed by atoms with E-state index in [0.29, 0.717) is 11.1 Å². The van der Waals surface area contributed by atoms with E-state index in [1.54, 1.807) is 31.2 Å². The van der Waals surface area contributed by atoms with Crippen molar-refractivity contribution in [1.82, 2.24) is 0 Å². The quantitative estimate of drug-likeness (QED) is 0.277. The lowest BCUT2D eigenvalue weighted by atomic mass is 10.0. The fraction of sp³-hybridized carbons (Fsp3) is 0.167. The number of aryl methyl sites for hydroxylation is 1. The minimum Gasteiger partial charge on any atom is -0.422 e. The van der Waals surface area contributed by atoms with Gasteiger partial charge in [-0.25, -0.2) is 4.79 Å². The summed E-state index contributed by atoms with van der Waals surface area (Å²) in [5.41, 5.74) is 8.72. The van der Waals surface area contributed by atoms with Crippen LogP contribution < -0.4 is 5.63 Å². The molecule has 19 heavy (non-hydrogen) atoms. The van der Waals surface area contributed by atoms with Crippen LogP contribution in [-0.2, 0) is 16.1 Å². The van der Waals surface area contributed by atoms with Crippen molar-refractivity contribution < 1.29 is 14.0 Å². The Morgan fingerprint density at radius 2 is 2.21 bits per heavy atom. The molecule has 0 fully saturated rings. The van der Waals surface area contributed by atoms with Crippen molar-refractivity contribution in [1.29, 1.82) is 0 Å². The zero-order valence-electron chi connectivity index (χ0n) is 9.99. The van der Waals surface area contributed by atoms with Gasteiger partial charge >= 0.3 is 11.6 Å². The number of nitrogens with zero attached hydrogens (tertiary/aromatic N) is 3. The number of para-hydroxylation sites is 1. The summed E-state index contributed by atoms with van der Waals surface area (Å²) in [6.07, 6.45) is -0.308. The maximum Gasteiger partial charge on any atom is 0.340 e. The Hall–Kier alpha value is -2.79. The first-order valence-electron chi connectivity index (χ1n) is 5.39. The monoisotopic (exact) mass is 259 g/mol. The molecule has 0 aliphatic carbocycles. The van der Waals surface area contributed by atoms with Crippen LogP contribution in [0.15, 0.2) is 38.8 Å². The molecule has 0 saturated heterocycles. The summed E-state index contributed by atoms with van der Waals surface area (Å²) in [6, 6.07) is 7.01. The maximum absolute atomic E-state index is 11.8. The maximum atomic E-state index is 11.8. The number of hydrogen-bond acceptors (Lipinski definition) is 5. The Morgan fingerprint density at radius 1 is 1.47 bits per heavy atom. The van der Waals surface area contributed by atoms with Crippen LogP contribution in [0.25, 0.3) is 21.4 Å². The fourth-order valence-corrected chi connectivity index (χ4v) is 1.79. The molecule has 0 amide bonds. The highest BCUT2D eigenvalue weighted by Crippen LogP contribution is 2.19. The van der Waals surface area contributed by atoms with Crippen molar-refractivity contribution in [2.75, 3.05) is 0 Å². The van der Waals surface area contributed by atoms with Crippen LogP contribution in [0.5, 0.6) is 0 Å². The molecule has 1 aromatic carbocycles. The molecule has 0 saturated carbocycles. The number of fused-ring (bicyclic) bond motifs is 1. The standard InChI is InChI=1S/C12H9N3O4/c1-7-8-4-2-3-5-10(8)18-12(17)9(7)6-11(16)19-15-14-13/h2-5H,6H2,1H3. The summed E-state index contributed by atoms with van der Waals surface area (Å²) in [6.45, 7) is 1.72. The van der Waals surface area contributed by atoms with E-state index < -0.39 is 11.6 Å². The molecule has 96 valence electrons. The van der Waals surface area contributed by atoms with Crippen molar-refractivity contribution in [3.8, 4) is 0 Å². The SMILES string of the molecule is Cc1c(CC(=O)ON=[N+]=[N-])c(=O)oc2ccccc12. The number of carbonyl (C=O) groups is 1. The zero-order valence-corrected chi connectivity index (χ0v) is 9.99. The highest BCUT2D eigenvalue weighted by atomic mass is 16.7. The van der Waals surface area contributed by atoms with Crippen LogP contribution >= 0.6 is 0 Å². The molecule has 2 rings (SSSR count). The van der Waals surface area contributed by atoms with Gasteiger partial charge in [0.05, 0.1) is 12.0 Å². The second-order valence-corrected chi connectivity index (χ2v) is 3.80. The van der Waals surface area contributed by atoms with Crippen LogP contribution in [0.4, 0.5) is 0 Å². The molecule has 0 bridgehead atoms. The molecular formula is C12H9N3O4. The smallest absolute Gasteiger partial charge is 0.340 e. The van der Waals surface area contributed by atoms with Gasteiger partial charge in [-0.05, 0) is 24.1 Å². The number of carbonyl (C=O) groups excluding carboxylic acids is 1. The Balaban J connectivity index is 2.46. The van der Waals surface area contributed by atoms with Gasteiger partial charge in [-0.1, -0.05) is 18.2 Å². The largest absolute Gasteiger partial charge is 0.422 e. The minimum absolute atomic E-state index is 0.192. The predicted molar refractivity (Wildman–Crippen MR) is 66.2 cm³/mol. The van der Waals surface area contributed by atoms with Crippen molar-refractivity contribution in [2.24, 2.45) is 5.28 Å². The lowest BCUT2D eigenvalue weighted by molar-refractivity contribution is -0.143. The molecule has 1 aromatic heterocycles. The lowest BCUT2D eigenvalue weighted by Crippen LogP contribution is -2.15. The van der Waals surface area contributed by atoms with E-state index >= 15 is 0 Å². The summed E-state index contributed by atoms with van der Waals surface area (Å²) in [7, 11) is 0. The molecule has 0 unspecified atom stereocenters. The molecule has 7 nitrogen and oxygen atoms in total. The molecule has 0 aliphatic heterocycles. The fourth-order valence-electron chi connectivity index (χ4n) is 1.79. The van der Waals surface area contributed by atoms with Crippen LogP contribution in [0.1, 0.15) is 11.1 Å². The third kappa shape index (κ3) is 2.56. The van der Waals surface area contributed by atoms with Gasteiger partial charge in [-0.3, -0.25) is 4.79 Å². The first-order valence-corrected chi connectivity index (χ1v) is 5.39. The Morgan fingerprint density at radius 3 is 2.95 bits per heavy atom. The molecule has 7 heteroatoms. The van der Waals surface area contributed by atoms with Gasteiger partial charge in [-0.2, -0.15) is 0 Å². The predicted octanol–water partition coefficient (Wildman–Crippen LogP) is 2.41. The van der Waals surface area contributed by atoms with E-state index in [1.165, 1.54) is 0 Å². The number of benzene rings is 1. The van der Waals surface area contributed by atoms with Gasteiger partial charge in [0.15, 0.2) is 0 Å².